The van der Waals surface area contributed by atoms with Crippen LogP contribution in [-0.2, 0) is 21.2 Å². The van der Waals surface area contributed by atoms with Crippen LogP contribution in [0.1, 0.15) is 5.56 Å². The van der Waals surface area contributed by atoms with Gasteiger partial charge in [-0.1, -0.05) is 42.5 Å². The third kappa shape index (κ3) is 3.40. The average Bonchev–Trinajstić information content (AvgIpc) is 2.55. The number of rotatable bonds is 4. The van der Waals surface area contributed by atoms with Crippen LogP contribution in [0.3, 0.4) is 0 Å². The van der Waals surface area contributed by atoms with Crippen LogP contribution in [0.4, 0.5) is 5.69 Å². The van der Waals surface area contributed by atoms with Gasteiger partial charge in [-0.2, -0.15) is 8.42 Å². The molecule has 1 aliphatic rings. The summed E-state index contributed by atoms with van der Waals surface area (Å²) >= 11 is 0. The van der Waals surface area contributed by atoms with E-state index in [0.717, 1.165) is 5.56 Å². The predicted octanol–water partition coefficient (Wildman–Crippen LogP) is 1.56. The summed E-state index contributed by atoms with van der Waals surface area (Å²) in [5.41, 5.74) is 1.44. The average molecular weight is 329 g/mol. The molecule has 23 heavy (non-hydrogen) atoms. The molecule has 0 bridgehead atoms. The molecule has 0 radical (unpaired) electrons. The summed E-state index contributed by atoms with van der Waals surface area (Å²) in [4.78, 5) is 12.2. The summed E-state index contributed by atoms with van der Waals surface area (Å²) in [5.74, 6) is -0.754. The van der Waals surface area contributed by atoms with Crippen LogP contribution in [0.5, 0.6) is 0 Å². The molecule has 3 rings (SSSR count). The number of nitrogens with zero attached hydrogens (tertiary/aromatic N) is 1. The van der Waals surface area contributed by atoms with E-state index >= 15 is 0 Å². The molecule has 7 heteroatoms. The third-order valence-electron chi connectivity index (χ3n) is 3.39. The Labute approximate surface area is 134 Å². The lowest BCUT2D eigenvalue weighted by Gasteiger charge is -2.17. The van der Waals surface area contributed by atoms with Crippen molar-refractivity contribution in [1.82, 2.24) is 5.32 Å². The maximum absolute atomic E-state index is 12.1. The van der Waals surface area contributed by atoms with E-state index in [1.54, 1.807) is 18.2 Å². The zero-order chi connectivity index (χ0) is 16.3. The highest BCUT2D eigenvalue weighted by Crippen LogP contribution is 2.26. The molecule has 0 fully saturated rings. The summed E-state index contributed by atoms with van der Waals surface area (Å²) < 4.78 is 27.7. The van der Waals surface area contributed by atoms with Gasteiger partial charge in [-0.25, -0.2) is 0 Å². The molecule has 0 atom stereocenters. The number of amides is 1. The van der Waals surface area contributed by atoms with Crippen molar-refractivity contribution in [2.24, 2.45) is 4.40 Å². The fourth-order valence-electron chi connectivity index (χ4n) is 2.26. The van der Waals surface area contributed by atoms with E-state index in [0.29, 0.717) is 18.7 Å². The Morgan fingerprint density at radius 3 is 2.52 bits per heavy atom. The lowest BCUT2D eigenvalue weighted by atomic mass is 10.1. The van der Waals surface area contributed by atoms with E-state index in [1.807, 2.05) is 30.3 Å². The van der Waals surface area contributed by atoms with Gasteiger partial charge in [-0.15, -0.1) is 4.40 Å². The quantitative estimate of drug-likeness (QED) is 0.891. The summed E-state index contributed by atoms with van der Waals surface area (Å²) in [6.45, 7) is 0.394. The highest BCUT2D eigenvalue weighted by atomic mass is 32.2. The van der Waals surface area contributed by atoms with Crippen molar-refractivity contribution in [1.29, 1.82) is 0 Å². The van der Waals surface area contributed by atoms with Gasteiger partial charge in [-0.05, 0) is 24.1 Å². The number of carbonyl (C=O) groups excluding carboxylic acids is 1. The molecule has 118 valence electrons. The van der Waals surface area contributed by atoms with Crippen molar-refractivity contribution >= 4 is 27.5 Å². The van der Waals surface area contributed by atoms with E-state index in [9.17, 15) is 13.2 Å². The molecular formula is C16H15N3O3S. The van der Waals surface area contributed by atoms with Crippen LogP contribution in [-0.4, -0.2) is 26.7 Å². The Morgan fingerprint density at radius 1 is 1.04 bits per heavy atom. The zero-order valence-electron chi connectivity index (χ0n) is 12.2. The number of hydrogen-bond donors (Lipinski definition) is 2. The molecule has 6 nitrogen and oxygen atoms in total. The number of carbonyl (C=O) groups is 1. The number of anilines is 1. The number of fused-ring (bicyclic) bond motifs is 1. The zero-order valence-corrected chi connectivity index (χ0v) is 13.0. The molecule has 0 spiro atoms. The number of nitrogens with one attached hydrogen (secondary N) is 2. The Balaban J connectivity index is 1.68. The van der Waals surface area contributed by atoms with Crippen LogP contribution in [0.2, 0.25) is 0 Å². The van der Waals surface area contributed by atoms with Crippen LogP contribution < -0.4 is 10.6 Å². The number of sulfonamides is 1. The van der Waals surface area contributed by atoms with Gasteiger partial charge >= 0.3 is 0 Å². The van der Waals surface area contributed by atoms with Crippen molar-refractivity contribution in [3.63, 3.8) is 0 Å². The van der Waals surface area contributed by atoms with Crippen molar-refractivity contribution in [2.75, 3.05) is 11.9 Å². The second-order valence-corrected chi connectivity index (χ2v) is 6.60. The molecule has 1 heterocycles. The van der Waals surface area contributed by atoms with E-state index in [4.69, 9.17) is 0 Å². The monoisotopic (exact) mass is 329 g/mol. The van der Waals surface area contributed by atoms with Gasteiger partial charge in [0.2, 0.25) is 5.84 Å². The van der Waals surface area contributed by atoms with Gasteiger partial charge in [0.25, 0.3) is 15.9 Å². The molecule has 2 N–H and O–H groups in total. The van der Waals surface area contributed by atoms with Crippen LogP contribution in [0, 0.1) is 0 Å². The fraction of sp³-hybridized carbons (Fsp3) is 0.125. The first kappa shape index (κ1) is 15.2. The molecule has 0 aromatic heterocycles. The predicted molar refractivity (Wildman–Crippen MR) is 87.8 cm³/mol. The number of benzene rings is 2. The minimum atomic E-state index is -3.85. The Hall–Kier alpha value is -2.67. The molecule has 0 unspecified atom stereocenters. The van der Waals surface area contributed by atoms with Crippen LogP contribution in [0.15, 0.2) is 63.9 Å². The highest BCUT2D eigenvalue weighted by Gasteiger charge is 2.27. The summed E-state index contributed by atoms with van der Waals surface area (Å²) in [6.07, 6.45) is 0.656. The van der Waals surface area contributed by atoms with Crippen molar-refractivity contribution in [3.8, 4) is 0 Å². The van der Waals surface area contributed by atoms with Crippen molar-refractivity contribution < 1.29 is 13.2 Å². The van der Waals surface area contributed by atoms with E-state index in [2.05, 4.69) is 15.0 Å². The molecule has 2 aromatic carbocycles. The number of hydrogen-bond acceptors (Lipinski definition) is 4. The fourth-order valence-corrected chi connectivity index (χ4v) is 3.38. The van der Waals surface area contributed by atoms with Gasteiger partial charge in [-0.3, -0.25) is 4.79 Å². The van der Waals surface area contributed by atoms with Gasteiger partial charge in [0.15, 0.2) is 0 Å². The molecule has 0 saturated heterocycles. The second-order valence-electron chi connectivity index (χ2n) is 5.03. The summed E-state index contributed by atoms with van der Waals surface area (Å²) in [5, 5.41) is 5.43. The van der Waals surface area contributed by atoms with Crippen molar-refractivity contribution in [3.05, 3.63) is 60.2 Å². The Morgan fingerprint density at radius 2 is 1.74 bits per heavy atom. The second kappa shape index (κ2) is 6.21. The van der Waals surface area contributed by atoms with Crippen LogP contribution in [0.25, 0.3) is 0 Å². The molecule has 0 aliphatic carbocycles. The lowest BCUT2D eigenvalue weighted by Crippen LogP contribution is -2.39. The molecule has 1 amide bonds. The topological polar surface area (TPSA) is 87.6 Å². The normalized spacial score (nSPS) is 15.0. The van der Waals surface area contributed by atoms with E-state index < -0.39 is 15.9 Å². The smallest absolute Gasteiger partial charge is 0.287 e. The maximum atomic E-state index is 12.1. The Bertz CT molecular complexity index is 861. The van der Waals surface area contributed by atoms with E-state index in [1.165, 1.54) is 6.07 Å². The highest BCUT2D eigenvalue weighted by molar-refractivity contribution is 7.90. The molecular weight excluding hydrogens is 314 g/mol. The first-order chi connectivity index (χ1) is 11.1. The molecule has 2 aromatic rings. The van der Waals surface area contributed by atoms with Crippen LogP contribution >= 0.6 is 0 Å². The Kier molecular flexibility index (Phi) is 4.12. The number of amidine groups is 1. The SMILES string of the molecule is O=C(NCCc1ccccc1)C1=NS(=O)(=O)c2ccccc2N1. The standard InChI is InChI=1S/C16H15N3O3S/c20-16(17-11-10-12-6-2-1-3-7-12)15-18-13-8-4-5-9-14(13)23(21,22)19-15/h1-9H,10-11H2,(H,17,20)(H,18,19). The maximum Gasteiger partial charge on any atom is 0.287 e. The van der Waals surface area contributed by atoms with Gasteiger partial charge in [0.1, 0.15) is 4.90 Å². The van der Waals surface area contributed by atoms with Crippen molar-refractivity contribution in [2.45, 2.75) is 11.3 Å². The minimum absolute atomic E-state index is 0.0702. The first-order valence-corrected chi connectivity index (χ1v) is 8.53. The minimum Gasteiger partial charge on any atom is -0.349 e. The molecule has 1 aliphatic heterocycles. The third-order valence-corrected chi connectivity index (χ3v) is 4.72. The summed E-state index contributed by atoms with van der Waals surface area (Å²) in [7, 11) is -3.85. The number of para-hydroxylation sites is 1. The largest absolute Gasteiger partial charge is 0.349 e. The van der Waals surface area contributed by atoms with Gasteiger partial charge in [0.05, 0.1) is 5.69 Å². The van der Waals surface area contributed by atoms with Gasteiger partial charge in [0, 0.05) is 6.54 Å². The van der Waals surface area contributed by atoms with Gasteiger partial charge < -0.3 is 10.6 Å². The van der Waals surface area contributed by atoms with E-state index in [-0.39, 0.29) is 10.7 Å². The molecule has 0 saturated carbocycles. The lowest BCUT2D eigenvalue weighted by molar-refractivity contribution is -0.114. The summed E-state index contributed by atoms with van der Waals surface area (Å²) in [6, 6.07) is 16.0. The first-order valence-electron chi connectivity index (χ1n) is 7.09.